The van der Waals surface area contributed by atoms with E-state index in [0.29, 0.717) is 12.5 Å². The molecule has 0 radical (unpaired) electrons. The summed E-state index contributed by atoms with van der Waals surface area (Å²) in [7, 11) is 1.89. The molecule has 2 N–H and O–H groups in total. The molecule has 0 aromatic carbocycles. The van der Waals surface area contributed by atoms with Gasteiger partial charge >= 0.3 is 0 Å². The predicted molar refractivity (Wildman–Crippen MR) is 65.4 cm³/mol. The van der Waals surface area contributed by atoms with Crippen LogP contribution in [0.25, 0.3) is 0 Å². The SMILES string of the molecule is Cc1nn(C)cc1CNC(=O)C1NCCC1C. The molecule has 2 unspecified atom stereocenters. The minimum atomic E-state index is -0.0352. The normalized spacial score (nSPS) is 23.9. The van der Waals surface area contributed by atoms with Crippen LogP contribution in [0.5, 0.6) is 0 Å². The van der Waals surface area contributed by atoms with Crippen LogP contribution in [-0.4, -0.2) is 28.3 Å². The maximum Gasteiger partial charge on any atom is 0.237 e. The fourth-order valence-corrected chi connectivity index (χ4v) is 2.30. The molecule has 2 heterocycles. The lowest BCUT2D eigenvalue weighted by Gasteiger charge is -2.15. The number of carbonyl (C=O) groups excluding carboxylic acids is 1. The number of aryl methyl sites for hydroxylation is 2. The third-order valence-electron chi connectivity index (χ3n) is 3.38. The van der Waals surface area contributed by atoms with E-state index in [4.69, 9.17) is 0 Å². The van der Waals surface area contributed by atoms with Crippen molar-refractivity contribution in [3.63, 3.8) is 0 Å². The van der Waals surface area contributed by atoms with Crippen molar-refractivity contribution in [2.45, 2.75) is 32.9 Å². The van der Waals surface area contributed by atoms with Gasteiger partial charge in [-0.05, 0) is 25.8 Å². The highest BCUT2D eigenvalue weighted by Gasteiger charge is 2.28. The zero-order valence-electron chi connectivity index (χ0n) is 10.7. The molecule has 1 aromatic rings. The summed E-state index contributed by atoms with van der Waals surface area (Å²) in [6.45, 7) is 5.56. The molecule has 1 aromatic heterocycles. The average molecular weight is 236 g/mol. The number of nitrogens with one attached hydrogen (secondary N) is 2. The molecule has 0 spiro atoms. The fraction of sp³-hybridized carbons (Fsp3) is 0.667. The van der Waals surface area contributed by atoms with E-state index in [0.717, 1.165) is 24.2 Å². The lowest BCUT2D eigenvalue weighted by atomic mass is 10.0. The quantitative estimate of drug-likeness (QED) is 0.796. The van der Waals surface area contributed by atoms with E-state index in [1.54, 1.807) is 4.68 Å². The Hall–Kier alpha value is -1.36. The number of amides is 1. The van der Waals surface area contributed by atoms with Gasteiger partial charge < -0.3 is 10.6 Å². The second kappa shape index (κ2) is 4.87. The second-order valence-electron chi connectivity index (χ2n) is 4.83. The molecule has 0 saturated carbocycles. The highest BCUT2D eigenvalue weighted by molar-refractivity contribution is 5.82. The molecule has 2 rings (SSSR count). The minimum Gasteiger partial charge on any atom is -0.351 e. The Morgan fingerprint density at radius 1 is 1.71 bits per heavy atom. The molecule has 94 valence electrons. The average Bonchev–Trinajstić information content (AvgIpc) is 2.81. The highest BCUT2D eigenvalue weighted by Crippen LogP contribution is 2.14. The van der Waals surface area contributed by atoms with E-state index in [-0.39, 0.29) is 11.9 Å². The Morgan fingerprint density at radius 2 is 2.47 bits per heavy atom. The van der Waals surface area contributed by atoms with Gasteiger partial charge in [0.2, 0.25) is 5.91 Å². The highest BCUT2D eigenvalue weighted by atomic mass is 16.2. The van der Waals surface area contributed by atoms with Crippen molar-refractivity contribution in [2.75, 3.05) is 6.54 Å². The molecule has 5 nitrogen and oxygen atoms in total. The van der Waals surface area contributed by atoms with Crippen LogP contribution < -0.4 is 10.6 Å². The first kappa shape index (κ1) is 12.1. The van der Waals surface area contributed by atoms with Crippen LogP contribution in [0.1, 0.15) is 24.6 Å². The number of rotatable bonds is 3. The molecule has 1 aliphatic heterocycles. The Bertz CT molecular complexity index is 413. The van der Waals surface area contributed by atoms with Crippen LogP contribution >= 0.6 is 0 Å². The largest absolute Gasteiger partial charge is 0.351 e. The van der Waals surface area contributed by atoms with E-state index in [1.807, 2.05) is 20.2 Å². The number of hydrogen-bond donors (Lipinski definition) is 2. The summed E-state index contributed by atoms with van der Waals surface area (Å²) < 4.78 is 1.77. The van der Waals surface area contributed by atoms with Gasteiger partial charge in [-0.1, -0.05) is 6.92 Å². The van der Waals surface area contributed by atoms with Gasteiger partial charge in [0.25, 0.3) is 0 Å². The molecule has 17 heavy (non-hydrogen) atoms. The summed E-state index contributed by atoms with van der Waals surface area (Å²) in [5, 5.41) is 10.5. The van der Waals surface area contributed by atoms with Gasteiger partial charge in [-0.25, -0.2) is 0 Å². The number of aromatic nitrogens is 2. The van der Waals surface area contributed by atoms with Gasteiger partial charge in [0.15, 0.2) is 0 Å². The first-order valence-corrected chi connectivity index (χ1v) is 6.08. The topological polar surface area (TPSA) is 59.0 Å². The first-order chi connectivity index (χ1) is 8.08. The van der Waals surface area contributed by atoms with Gasteiger partial charge in [0.1, 0.15) is 0 Å². The monoisotopic (exact) mass is 236 g/mol. The van der Waals surface area contributed by atoms with Crippen LogP contribution in [0, 0.1) is 12.8 Å². The van der Waals surface area contributed by atoms with Gasteiger partial charge in [0.05, 0.1) is 11.7 Å². The molecular weight excluding hydrogens is 216 g/mol. The van der Waals surface area contributed by atoms with Crippen LogP contribution in [0.4, 0.5) is 0 Å². The van der Waals surface area contributed by atoms with E-state index < -0.39 is 0 Å². The second-order valence-corrected chi connectivity index (χ2v) is 4.83. The predicted octanol–water partition coefficient (Wildman–Crippen LogP) is 0.343. The Morgan fingerprint density at radius 3 is 3.00 bits per heavy atom. The zero-order chi connectivity index (χ0) is 12.4. The van der Waals surface area contributed by atoms with Crippen molar-refractivity contribution in [3.8, 4) is 0 Å². The van der Waals surface area contributed by atoms with E-state index in [2.05, 4.69) is 22.7 Å². The summed E-state index contributed by atoms with van der Waals surface area (Å²) in [4.78, 5) is 11.9. The lowest BCUT2D eigenvalue weighted by Crippen LogP contribution is -2.42. The van der Waals surface area contributed by atoms with Gasteiger partial charge in [-0.2, -0.15) is 5.10 Å². The molecule has 1 fully saturated rings. The molecule has 1 saturated heterocycles. The zero-order valence-corrected chi connectivity index (χ0v) is 10.7. The van der Waals surface area contributed by atoms with Gasteiger partial charge in [-0.15, -0.1) is 0 Å². The lowest BCUT2D eigenvalue weighted by molar-refractivity contribution is -0.123. The van der Waals surface area contributed by atoms with Crippen molar-refractivity contribution in [1.29, 1.82) is 0 Å². The van der Waals surface area contributed by atoms with Gasteiger partial charge in [-0.3, -0.25) is 9.48 Å². The van der Waals surface area contributed by atoms with Crippen molar-refractivity contribution < 1.29 is 4.79 Å². The van der Waals surface area contributed by atoms with Gasteiger partial charge in [0, 0.05) is 25.4 Å². The minimum absolute atomic E-state index is 0.0352. The number of nitrogens with zero attached hydrogens (tertiary/aromatic N) is 2. The molecule has 0 bridgehead atoms. The molecular formula is C12H20N4O. The van der Waals surface area contributed by atoms with Crippen molar-refractivity contribution in [3.05, 3.63) is 17.5 Å². The van der Waals surface area contributed by atoms with Crippen molar-refractivity contribution in [1.82, 2.24) is 20.4 Å². The van der Waals surface area contributed by atoms with Crippen molar-refractivity contribution >= 4 is 5.91 Å². The summed E-state index contributed by atoms with van der Waals surface area (Å²) in [6, 6.07) is -0.0352. The third-order valence-corrected chi connectivity index (χ3v) is 3.38. The molecule has 0 aliphatic carbocycles. The summed E-state index contributed by atoms with van der Waals surface area (Å²) in [5.74, 6) is 0.517. The summed E-state index contributed by atoms with van der Waals surface area (Å²) >= 11 is 0. The first-order valence-electron chi connectivity index (χ1n) is 6.08. The maximum atomic E-state index is 11.9. The standard InChI is InChI=1S/C12H20N4O/c1-8-4-5-13-11(8)12(17)14-6-10-7-16(3)15-9(10)2/h7-8,11,13H,4-6H2,1-3H3,(H,14,17). The Labute approximate surface area is 102 Å². The fourth-order valence-electron chi connectivity index (χ4n) is 2.30. The number of carbonyl (C=O) groups is 1. The Balaban J connectivity index is 1.90. The van der Waals surface area contributed by atoms with E-state index >= 15 is 0 Å². The smallest absolute Gasteiger partial charge is 0.237 e. The van der Waals surface area contributed by atoms with Crippen LogP contribution in [0.15, 0.2) is 6.20 Å². The maximum absolute atomic E-state index is 11.9. The van der Waals surface area contributed by atoms with Crippen LogP contribution in [0.2, 0.25) is 0 Å². The summed E-state index contributed by atoms with van der Waals surface area (Å²) in [6.07, 6.45) is 3.02. The molecule has 1 amide bonds. The molecule has 2 atom stereocenters. The summed E-state index contributed by atoms with van der Waals surface area (Å²) in [5.41, 5.74) is 2.05. The molecule has 1 aliphatic rings. The van der Waals surface area contributed by atoms with E-state index in [1.165, 1.54) is 0 Å². The van der Waals surface area contributed by atoms with Crippen molar-refractivity contribution in [2.24, 2.45) is 13.0 Å². The van der Waals surface area contributed by atoms with Crippen LogP contribution in [-0.2, 0) is 18.4 Å². The molecule has 5 heteroatoms. The third kappa shape index (κ3) is 2.66. The van der Waals surface area contributed by atoms with E-state index in [9.17, 15) is 4.79 Å². The van der Waals surface area contributed by atoms with Crippen LogP contribution in [0.3, 0.4) is 0 Å². The number of hydrogen-bond acceptors (Lipinski definition) is 3. The Kier molecular flexibility index (Phi) is 3.47.